The quantitative estimate of drug-likeness (QED) is 0.236. The Morgan fingerprint density at radius 2 is 1.79 bits per heavy atom. The number of pyridine rings is 1. The number of anilines is 2. The van der Waals surface area contributed by atoms with E-state index in [1.807, 2.05) is 50.4 Å². The number of hydrogen-bond donors (Lipinski definition) is 2. The molecule has 8 heteroatoms. The van der Waals surface area contributed by atoms with E-state index in [1.165, 1.54) is 5.56 Å². The van der Waals surface area contributed by atoms with Gasteiger partial charge in [0.2, 0.25) is 5.91 Å². The fourth-order valence-corrected chi connectivity index (χ4v) is 5.81. The topological polar surface area (TPSA) is 62.2 Å². The lowest BCUT2D eigenvalue weighted by atomic mass is 9.96. The summed E-state index contributed by atoms with van der Waals surface area (Å²) in [6.45, 7) is 8.15. The summed E-state index contributed by atoms with van der Waals surface area (Å²) in [7, 11) is 0. The standard InChI is InChI=1S/C30H30BrN5OS/c1-5-27(37)33-25-14-13-23(16-18(25)2)36-29(28(34-30(36)38)26-8-6-7-15-32-26)24-17-19(3)35(20(24)4)22-11-9-21(31)10-12-22/h6-17,28-29H,5H2,1-4H3,(H,33,37)(H,34,38)/t28-,29-/m0/s1. The maximum atomic E-state index is 12.0. The molecule has 2 atom stereocenters. The molecule has 2 aromatic carbocycles. The Labute approximate surface area is 237 Å². The molecule has 5 rings (SSSR count). The number of benzene rings is 2. The van der Waals surface area contributed by atoms with Crippen molar-refractivity contribution in [3.63, 3.8) is 0 Å². The van der Waals surface area contributed by atoms with Crippen molar-refractivity contribution < 1.29 is 4.79 Å². The molecule has 0 aliphatic carbocycles. The number of hydrogen-bond acceptors (Lipinski definition) is 3. The summed E-state index contributed by atoms with van der Waals surface area (Å²) in [5.74, 6) is -0.00677. The van der Waals surface area contributed by atoms with Gasteiger partial charge in [-0.25, -0.2) is 0 Å². The Hall–Kier alpha value is -3.49. The van der Waals surface area contributed by atoms with Crippen LogP contribution in [-0.4, -0.2) is 20.6 Å². The van der Waals surface area contributed by atoms with Crippen molar-refractivity contribution in [3.05, 3.63) is 106 Å². The number of carbonyl (C=O) groups excluding carboxylic acids is 1. The van der Waals surface area contributed by atoms with Crippen LogP contribution in [0, 0.1) is 20.8 Å². The zero-order valence-corrected chi connectivity index (χ0v) is 24.2. The lowest BCUT2D eigenvalue weighted by Gasteiger charge is -2.29. The predicted octanol–water partition coefficient (Wildman–Crippen LogP) is 7.09. The fourth-order valence-electron chi connectivity index (χ4n) is 5.20. The average Bonchev–Trinajstić information content (AvgIpc) is 3.41. The van der Waals surface area contributed by atoms with E-state index in [2.05, 4.69) is 86.3 Å². The third kappa shape index (κ3) is 4.86. The number of nitrogens with zero attached hydrogens (tertiary/aromatic N) is 3. The van der Waals surface area contributed by atoms with Gasteiger partial charge >= 0.3 is 0 Å². The Balaban J connectivity index is 1.63. The zero-order valence-electron chi connectivity index (χ0n) is 21.8. The molecule has 194 valence electrons. The number of amides is 1. The summed E-state index contributed by atoms with van der Waals surface area (Å²) in [6.07, 6.45) is 2.25. The van der Waals surface area contributed by atoms with Crippen LogP contribution in [0.1, 0.15) is 53.6 Å². The van der Waals surface area contributed by atoms with Gasteiger partial charge in [0.25, 0.3) is 0 Å². The van der Waals surface area contributed by atoms with Gasteiger partial charge in [0.05, 0.1) is 17.8 Å². The number of aromatic nitrogens is 2. The van der Waals surface area contributed by atoms with Crippen LogP contribution >= 0.6 is 28.1 Å². The first kappa shape index (κ1) is 26.1. The van der Waals surface area contributed by atoms with Gasteiger partial charge in [0.1, 0.15) is 0 Å². The van der Waals surface area contributed by atoms with E-state index in [0.29, 0.717) is 11.5 Å². The van der Waals surface area contributed by atoms with Gasteiger partial charge in [-0.1, -0.05) is 28.9 Å². The molecule has 3 heterocycles. The molecule has 0 bridgehead atoms. The van der Waals surface area contributed by atoms with E-state index in [9.17, 15) is 4.79 Å². The second-order valence-electron chi connectivity index (χ2n) is 9.54. The van der Waals surface area contributed by atoms with E-state index in [-0.39, 0.29) is 18.0 Å². The average molecular weight is 589 g/mol. The third-order valence-electron chi connectivity index (χ3n) is 7.06. The van der Waals surface area contributed by atoms with Gasteiger partial charge in [-0.3, -0.25) is 9.78 Å². The zero-order chi connectivity index (χ0) is 27.0. The molecule has 0 spiro atoms. The van der Waals surface area contributed by atoms with Gasteiger partial charge < -0.3 is 20.1 Å². The number of carbonyl (C=O) groups is 1. The minimum Gasteiger partial charge on any atom is -0.351 e. The lowest BCUT2D eigenvalue weighted by molar-refractivity contribution is -0.115. The van der Waals surface area contributed by atoms with Crippen LogP contribution in [0.3, 0.4) is 0 Å². The highest BCUT2D eigenvalue weighted by molar-refractivity contribution is 9.10. The largest absolute Gasteiger partial charge is 0.351 e. The monoisotopic (exact) mass is 587 g/mol. The van der Waals surface area contributed by atoms with Gasteiger partial charge in [0.15, 0.2) is 5.11 Å². The van der Waals surface area contributed by atoms with Crippen LogP contribution in [0.25, 0.3) is 5.69 Å². The van der Waals surface area contributed by atoms with Crippen LogP contribution < -0.4 is 15.5 Å². The predicted molar refractivity (Wildman–Crippen MR) is 161 cm³/mol. The second-order valence-corrected chi connectivity index (χ2v) is 10.8. The van der Waals surface area contributed by atoms with Crippen molar-refractivity contribution in [2.75, 3.05) is 10.2 Å². The molecule has 1 fully saturated rings. The highest BCUT2D eigenvalue weighted by atomic mass is 79.9. The Morgan fingerprint density at radius 1 is 1.05 bits per heavy atom. The molecular formula is C30H30BrN5OS. The normalized spacial score (nSPS) is 17.0. The third-order valence-corrected chi connectivity index (χ3v) is 7.90. The molecular weight excluding hydrogens is 558 g/mol. The lowest BCUT2D eigenvalue weighted by Crippen LogP contribution is -2.29. The molecule has 6 nitrogen and oxygen atoms in total. The van der Waals surface area contributed by atoms with Crippen molar-refractivity contribution in [2.45, 2.75) is 46.2 Å². The molecule has 4 aromatic rings. The highest BCUT2D eigenvalue weighted by Gasteiger charge is 2.42. The Kier molecular flexibility index (Phi) is 7.36. The van der Waals surface area contributed by atoms with Crippen LogP contribution in [0.5, 0.6) is 0 Å². The van der Waals surface area contributed by atoms with Gasteiger partial charge in [-0.15, -0.1) is 0 Å². The molecule has 0 unspecified atom stereocenters. The molecule has 2 aromatic heterocycles. The highest BCUT2D eigenvalue weighted by Crippen LogP contribution is 2.44. The van der Waals surface area contributed by atoms with E-state index in [0.717, 1.165) is 44.2 Å². The number of aryl methyl sites for hydroxylation is 2. The summed E-state index contributed by atoms with van der Waals surface area (Å²) in [5, 5.41) is 7.18. The molecule has 1 saturated heterocycles. The van der Waals surface area contributed by atoms with E-state index < -0.39 is 0 Å². The van der Waals surface area contributed by atoms with Crippen molar-refractivity contribution in [3.8, 4) is 5.69 Å². The molecule has 2 N–H and O–H groups in total. The molecule has 0 saturated carbocycles. The van der Waals surface area contributed by atoms with Crippen molar-refractivity contribution in [1.29, 1.82) is 0 Å². The summed E-state index contributed by atoms with van der Waals surface area (Å²) >= 11 is 9.48. The number of halogens is 1. The second kappa shape index (κ2) is 10.7. The molecule has 1 aliphatic heterocycles. The SMILES string of the molecule is CCC(=O)Nc1ccc(N2C(=S)N[C@@H](c3ccccn3)[C@@H]2c2cc(C)n(-c3ccc(Br)cc3)c2C)cc1C. The summed E-state index contributed by atoms with van der Waals surface area (Å²) < 4.78 is 3.33. The molecule has 1 aliphatic rings. The molecule has 0 radical (unpaired) electrons. The summed E-state index contributed by atoms with van der Waals surface area (Å²) in [6, 6.07) is 22.4. The van der Waals surface area contributed by atoms with E-state index in [1.54, 1.807) is 0 Å². The van der Waals surface area contributed by atoms with Crippen molar-refractivity contribution in [2.24, 2.45) is 0 Å². The van der Waals surface area contributed by atoms with Gasteiger partial charge in [-0.05, 0) is 105 Å². The molecule has 1 amide bonds. The first-order valence-electron chi connectivity index (χ1n) is 12.6. The smallest absolute Gasteiger partial charge is 0.224 e. The molecule has 38 heavy (non-hydrogen) atoms. The number of nitrogens with one attached hydrogen (secondary N) is 2. The first-order chi connectivity index (χ1) is 18.3. The Morgan fingerprint density at radius 3 is 2.45 bits per heavy atom. The summed E-state index contributed by atoms with van der Waals surface area (Å²) in [5.41, 5.74) is 8.26. The first-order valence-corrected chi connectivity index (χ1v) is 13.8. The van der Waals surface area contributed by atoms with Gasteiger partial charge in [-0.2, -0.15) is 0 Å². The number of thiocarbonyl (C=S) groups is 1. The fraction of sp³-hybridized carbons (Fsp3) is 0.233. The van der Waals surface area contributed by atoms with Crippen LogP contribution in [0.2, 0.25) is 0 Å². The Bertz CT molecular complexity index is 1500. The number of rotatable bonds is 6. The summed E-state index contributed by atoms with van der Waals surface area (Å²) in [4.78, 5) is 18.9. The van der Waals surface area contributed by atoms with Crippen molar-refractivity contribution >= 4 is 50.5 Å². The van der Waals surface area contributed by atoms with Gasteiger partial charge in [0, 0.05) is 45.5 Å². The van der Waals surface area contributed by atoms with E-state index in [4.69, 9.17) is 17.2 Å². The maximum absolute atomic E-state index is 12.0. The minimum absolute atomic E-state index is 0.00677. The van der Waals surface area contributed by atoms with E-state index >= 15 is 0 Å². The van der Waals surface area contributed by atoms with Crippen LogP contribution in [0.15, 0.2) is 77.4 Å². The maximum Gasteiger partial charge on any atom is 0.224 e. The minimum atomic E-state index is -0.137. The van der Waals surface area contributed by atoms with Crippen LogP contribution in [0.4, 0.5) is 11.4 Å². The van der Waals surface area contributed by atoms with Crippen LogP contribution in [-0.2, 0) is 4.79 Å². The van der Waals surface area contributed by atoms with Crippen molar-refractivity contribution in [1.82, 2.24) is 14.9 Å².